The number of hydrogen-bond acceptors (Lipinski definition) is 5. The summed E-state index contributed by atoms with van der Waals surface area (Å²) in [7, 11) is 0. The Labute approximate surface area is 222 Å². The number of nitrogens with one attached hydrogen (secondary N) is 1. The first kappa shape index (κ1) is 24.8. The summed E-state index contributed by atoms with van der Waals surface area (Å²) in [6, 6.07) is 17.1. The summed E-state index contributed by atoms with van der Waals surface area (Å²) >= 11 is 6.14. The van der Waals surface area contributed by atoms with Crippen molar-refractivity contribution in [3.05, 3.63) is 87.8 Å². The summed E-state index contributed by atoms with van der Waals surface area (Å²) in [4.78, 5) is 26.6. The summed E-state index contributed by atoms with van der Waals surface area (Å²) in [5.74, 6) is 0.897. The molecule has 0 bridgehead atoms. The Morgan fingerprint density at radius 3 is 2.65 bits per heavy atom. The number of nitriles is 1. The van der Waals surface area contributed by atoms with Crippen molar-refractivity contribution in [3.8, 4) is 6.07 Å². The lowest BCUT2D eigenvalue weighted by atomic mass is 9.98. The molecule has 2 amide bonds. The maximum atomic E-state index is 13.3. The second kappa shape index (κ2) is 9.87. The first-order chi connectivity index (χ1) is 17.7. The minimum Gasteiger partial charge on any atom is -0.352 e. The van der Waals surface area contributed by atoms with Gasteiger partial charge in [0.2, 0.25) is 0 Å². The third-order valence-electron chi connectivity index (χ3n) is 7.14. The average molecular weight is 513 g/mol. The lowest BCUT2D eigenvalue weighted by Gasteiger charge is -2.47. The van der Waals surface area contributed by atoms with Crippen LogP contribution in [0.25, 0.3) is 11.6 Å². The molecule has 1 aromatic heterocycles. The Hall–Kier alpha value is -3.89. The van der Waals surface area contributed by atoms with E-state index in [2.05, 4.69) is 46.2 Å². The molecule has 0 unspecified atom stereocenters. The molecule has 188 valence electrons. The number of hydrogen-bond donors (Lipinski definition) is 1. The van der Waals surface area contributed by atoms with Crippen LogP contribution in [0.2, 0.25) is 5.02 Å². The van der Waals surface area contributed by atoms with E-state index in [0.717, 1.165) is 40.2 Å². The van der Waals surface area contributed by atoms with Gasteiger partial charge in [0.05, 0.1) is 28.9 Å². The molecule has 7 nitrogen and oxygen atoms in total. The molecule has 37 heavy (non-hydrogen) atoms. The molecule has 1 saturated heterocycles. The Kier molecular flexibility index (Phi) is 6.61. The molecule has 1 N–H and O–H groups in total. The van der Waals surface area contributed by atoms with Crippen LogP contribution in [-0.4, -0.2) is 46.1 Å². The van der Waals surface area contributed by atoms with Gasteiger partial charge in [-0.15, -0.1) is 0 Å². The highest BCUT2D eigenvalue weighted by Gasteiger charge is 2.38. The van der Waals surface area contributed by atoms with Crippen molar-refractivity contribution in [2.75, 3.05) is 24.5 Å². The number of nitrogens with zero attached hydrogens (tertiary/aromatic N) is 5. The number of carbonyl (C=O) groups excluding carboxylic acids is 1. The molecule has 2 aliphatic rings. The second-order valence-corrected chi connectivity index (χ2v) is 10.6. The highest BCUT2D eigenvalue weighted by atomic mass is 35.5. The van der Waals surface area contributed by atoms with Gasteiger partial charge in [-0.2, -0.15) is 5.26 Å². The van der Waals surface area contributed by atoms with E-state index in [9.17, 15) is 4.79 Å². The number of piperazine rings is 1. The minimum absolute atomic E-state index is 0.0898. The van der Waals surface area contributed by atoms with E-state index in [1.54, 1.807) is 6.33 Å². The van der Waals surface area contributed by atoms with Gasteiger partial charge in [-0.25, -0.2) is 14.8 Å². The zero-order valence-electron chi connectivity index (χ0n) is 21.2. The maximum absolute atomic E-state index is 13.3. The van der Waals surface area contributed by atoms with Gasteiger partial charge >= 0.3 is 6.03 Å². The van der Waals surface area contributed by atoms with Crippen LogP contribution < -0.4 is 10.2 Å². The van der Waals surface area contributed by atoms with Crippen molar-refractivity contribution < 1.29 is 4.79 Å². The van der Waals surface area contributed by atoms with Gasteiger partial charge in [-0.1, -0.05) is 35.9 Å². The van der Waals surface area contributed by atoms with Gasteiger partial charge in [0, 0.05) is 36.6 Å². The number of fused-ring (bicyclic) bond motifs is 1. The van der Waals surface area contributed by atoms with Crippen molar-refractivity contribution in [2.45, 2.75) is 38.8 Å². The fourth-order valence-corrected chi connectivity index (χ4v) is 5.35. The highest BCUT2D eigenvalue weighted by Crippen LogP contribution is 2.36. The summed E-state index contributed by atoms with van der Waals surface area (Å²) in [5.41, 5.74) is 5.48. The van der Waals surface area contributed by atoms with Crippen LogP contribution in [0.1, 0.15) is 54.8 Å². The van der Waals surface area contributed by atoms with Crippen molar-refractivity contribution in [1.82, 2.24) is 20.2 Å². The number of aromatic nitrogens is 2. The monoisotopic (exact) mass is 512 g/mol. The minimum atomic E-state index is -0.410. The number of urea groups is 1. The van der Waals surface area contributed by atoms with Gasteiger partial charge < -0.3 is 15.1 Å². The van der Waals surface area contributed by atoms with Crippen LogP contribution in [0.5, 0.6) is 0 Å². The van der Waals surface area contributed by atoms with Crippen LogP contribution in [0, 0.1) is 11.3 Å². The molecule has 1 atom stereocenters. The van der Waals surface area contributed by atoms with Gasteiger partial charge in [-0.05, 0) is 67.8 Å². The topological polar surface area (TPSA) is 85.2 Å². The molecule has 2 heterocycles. The predicted molar refractivity (Wildman–Crippen MR) is 146 cm³/mol. The first-order valence-corrected chi connectivity index (χ1v) is 12.8. The van der Waals surface area contributed by atoms with Crippen LogP contribution >= 0.6 is 11.6 Å². The van der Waals surface area contributed by atoms with E-state index in [-0.39, 0.29) is 12.1 Å². The van der Waals surface area contributed by atoms with E-state index in [0.29, 0.717) is 30.2 Å². The van der Waals surface area contributed by atoms with Crippen molar-refractivity contribution in [1.29, 1.82) is 5.26 Å². The second-order valence-electron chi connectivity index (χ2n) is 10.2. The lowest BCUT2D eigenvalue weighted by molar-refractivity contribution is 0.121. The summed E-state index contributed by atoms with van der Waals surface area (Å²) < 4.78 is 0. The SMILES string of the molecule is C[C@H](NC(=O)N1CCN(c2ncnc3c2C=C(c2ccc(C#N)cc2)C3)CC1(C)C)c1cccc(Cl)c1. The fourth-order valence-electron chi connectivity index (χ4n) is 5.15. The molecule has 1 aliphatic heterocycles. The number of carbonyl (C=O) groups is 1. The normalized spacial score (nSPS) is 17.0. The third-order valence-corrected chi connectivity index (χ3v) is 7.38. The van der Waals surface area contributed by atoms with Crippen LogP contribution in [0.4, 0.5) is 10.6 Å². The molecule has 3 aromatic rings. The third kappa shape index (κ3) is 5.03. The fraction of sp³-hybridized carbons (Fsp3) is 0.310. The average Bonchev–Trinajstić information content (AvgIpc) is 3.32. The van der Waals surface area contributed by atoms with Gasteiger partial charge in [0.1, 0.15) is 12.1 Å². The van der Waals surface area contributed by atoms with Gasteiger partial charge in [0.25, 0.3) is 0 Å². The number of anilines is 1. The van der Waals surface area contributed by atoms with E-state index in [1.165, 1.54) is 0 Å². The maximum Gasteiger partial charge on any atom is 0.318 e. The van der Waals surface area contributed by atoms with E-state index >= 15 is 0 Å². The molecular weight excluding hydrogens is 484 g/mol. The number of allylic oxidation sites excluding steroid dienone is 1. The Balaban J connectivity index is 1.32. The predicted octanol–water partition coefficient (Wildman–Crippen LogP) is 5.47. The van der Waals surface area contributed by atoms with Crippen molar-refractivity contribution in [3.63, 3.8) is 0 Å². The lowest BCUT2D eigenvalue weighted by Crippen LogP contribution is -2.63. The highest BCUT2D eigenvalue weighted by molar-refractivity contribution is 6.30. The number of amides is 2. The molecule has 1 aliphatic carbocycles. The van der Waals surface area contributed by atoms with Crippen molar-refractivity contribution in [2.24, 2.45) is 0 Å². The Bertz CT molecular complexity index is 1410. The molecule has 0 radical (unpaired) electrons. The molecule has 5 rings (SSSR count). The summed E-state index contributed by atoms with van der Waals surface area (Å²) in [6.07, 6.45) is 4.51. The quantitative estimate of drug-likeness (QED) is 0.501. The molecule has 1 fully saturated rings. The van der Waals surface area contributed by atoms with E-state index in [1.807, 2.05) is 60.4 Å². The zero-order valence-corrected chi connectivity index (χ0v) is 22.0. The molecule has 2 aromatic carbocycles. The van der Waals surface area contributed by atoms with Gasteiger partial charge in [0.15, 0.2) is 0 Å². The number of rotatable bonds is 4. The molecule has 8 heteroatoms. The molecule has 0 saturated carbocycles. The van der Waals surface area contributed by atoms with Gasteiger partial charge in [-0.3, -0.25) is 0 Å². The van der Waals surface area contributed by atoms with Crippen LogP contribution in [0.3, 0.4) is 0 Å². The standard InChI is InChI=1S/C29H29ClN6O/c1-19(22-5-4-6-24(30)13-22)34-28(37)36-12-11-35(17-29(36,2)3)27-25-14-23(15-26(25)32-18-33-27)21-9-7-20(16-31)8-10-21/h4-10,13-14,18-19H,11-12,15,17H2,1-3H3,(H,34,37)/t19-/m0/s1. The smallest absolute Gasteiger partial charge is 0.318 e. The summed E-state index contributed by atoms with van der Waals surface area (Å²) in [5, 5.41) is 12.9. The molecule has 0 spiro atoms. The first-order valence-electron chi connectivity index (χ1n) is 12.4. The van der Waals surface area contributed by atoms with Crippen molar-refractivity contribution >= 4 is 35.1 Å². The Morgan fingerprint density at radius 2 is 1.95 bits per heavy atom. The van der Waals surface area contributed by atoms with E-state index in [4.69, 9.17) is 16.9 Å². The zero-order chi connectivity index (χ0) is 26.2. The largest absolute Gasteiger partial charge is 0.352 e. The number of benzene rings is 2. The summed E-state index contributed by atoms with van der Waals surface area (Å²) in [6.45, 7) is 8.03. The van der Waals surface area contributed by atoms with Crippen LogP contribution in [-0.2, 0) is 6.42 Å². The number of halogens is 1. The van der Waals surface area contributed by atoms with Crippen LogP contribution in [0.15, 0.2) is 54.9 Å². The molecular formula is C29H29ClN6O. The Morgan fingerprint density at radius 1 is 1.16 bits per heavy atom. The van der Waals surface area contributed by atoms with E-state index < -0.39 is 5.54 Å².